The molecular formula is C24H24N4OS. The molecule has 5 rings (SSSR count). The first-order valence-corrected chi connectivity index (χ1v) is 11.3. The van der Waals surface area contributed by atoms with Gasteiger partial charge >= 0.3 is 0 Å². The number of aryl methyl sites for hydroxylation is 2. The summed E-state index contributed by atoms with van der Waals surface area (Å²) in [4.78, 5) is 17.7. The minimum atomic E-state index is -0.217. The number of carbonyl (C=O) groups excluding carboxylic acids is 1. The number of fused-ring (bicyclic) bond motifs is 1. The molecule has 0 saturated carbocycles. The van der Waals surface area contributed by atoms with Crippen LogP contribution >= 0.6 is 11.8 Å². The molecule has 1 N–H and O–H groups in total. The van der Waals surface area contributed by atoms with Gasteiger partial charge in [-0.1, -0.05) is 65.9 Å². The van der Waals surface area contributed by atoms with E-state index < -0.39 is 0 Å². The lowest BCUT2D eigenvalue weighted by Crippen LogP contribution is -2.31. The molecule has 1 unspecified atom stereocenters. The van der Waals surface area contributed by atoms with Gasteiger partial charge < -0.3 is 5.32 Å². The molecule has 0 bridgehead atoms. The predicted molar refractivity (Wildman–Crippen MR) is 120 cm³/mol. The quantitative estimate of drug-likeness (QED) is 0.592. The van der Waals surface area contributed by atoms with Gasteiger partial charge in [0.2, 0.25) is 11.1 Å². The molecule has 1 aromatic heterocycles. The largest absolute Gasteiger partial charge is 0.328 e. The van der Waals surface area contributed by atoms with Crippen molar-refractivity contribution in [2.75, 3.05) is 5.32 Å². The number of hydrogen-bond donors (Lipinski definition) is 1. The SMILES string of the molecule is Cc1cccc(CSc2nc3n(n2)C(c2ccccc2C)C2=C(CCCC2=O)N3)c1. The van der Waals surface area contributed by atoms with Crippen molar-refractivity contribution in [1.82, 2.24) is 14.8 Å². The number of ketones is 1. The number of Topliss-reactive ketones (excluding diaryl/α,β-unsaturated/α-hetero) is 1. The van der Waals surface area contributed by atoms with Crippen molar-refractivity contribution in [2.24, 2.45) is 0 Å². The van der Waals surface area contributed by atoms with Gasteiger partial charge in [0.15, 0.2) is 5.78 Å². The third kappa shape index (κ3) is 3.45. The average Bonchev–Trinajstić information content (AvgIpc) is 3.14. The molecule has 0 fully saturated rings. The maximum absolute atomic E-state index is 12.9. The zero-order chi connectivity index (χ0) is 20.7. The van der Waals surface area contributed by atoms with Gasteiger partial charge in [0.05, 0.1) is 0 Å². The maximum Gasteiger partial charge on any atom is 0.227 e. The van der Waals surface area contributed by atoms with Crippen molar-refractivity contribution in [3.05, 3.63) is 82.1 Å². The molecule has 152 valence electrons. The summed E-state index contributed by atoms with van der Waals surface area (Å²) in [6, 6.07) is 16.5. The molecule has 6 heteroatoms. The average molecular weight is 417 g/mol. The Kier molecular flexibility index (Phi) is 4.95. The van der Waals surface area contributed by atoms with E-state index in [1.165, 1.54) is 11.1 Å². The number of benzene rings is 2. The zero-order valence-corrected chi connectivity index (χ0v) is 18.0. The summed E-state index contributed by atoms with van der Waals surface area (Å²) in [6.45, 7) is 4.19. The smallest absolute Gasteiger partial charge is 0.227 e. The summed E-state index contributed by atoms with van der Waals surface area (Å²) >= 11 is 1.62. The number of rotatable bonds is 4. The Hall–Kier alpha value is -2.86. The van der Waals surface area contributed by atoms with Gasteiger partial charge in [0.25, 0.3) is 0 Å². The van der Waals surface area contributed by atoms with Crippen LogP contribution < -0.4 is 5.32 Å². The number of nitrogens with zero attached hydrogens (tertiary/aromatic N) is 3. The highest BCUT2D eigenvalue weighted by atomic mass is 32.2. The third-order valence-corrected chi connectivity index (χ3v) is 6.69. The molecule has 2 aliphatic rings. The molecule has 2 heterocycles. The van der Waals surface area contributed by atoms with Crippen molar-refractivity contribution >= 4 is 23.5 Å². The van der Waals surface area contributed by atoms with E-state index >= 15 is 0 Å². The number of nitrogens with one attached hydrogen (secondary N) is 1. The molecule has 0 amide bonds. The molecule has 3 aromatic rings. The lowest BCUT2D eigenvalue weighted by Gasteiger charge is -2.32. The van der Waals surface area contributed by atoms with Crippen LogP contribution in [-0.2, 0) is 10.5 Å². The Balaban J connectivity index is 1.52. The third-order valence-electron chi connectivity index (χ3n) is 5.78. The summed E-state index contributed by atoms with van der Waals surface area (Å²) in [5.74, 6) is 1.75. The van der Waals surface area contributed by atoms with Crippen LogP contribution in [0.15, 0.2) is 65.0 Å². The summed E-state index contributed by atoms with van der Waals surface area (Å²) in [6.07, 6.45) is 2.36. The van der Waals surface area contributed by atoms with Crippen LogP contribution in [0.2, 0.25) is 0 Å². The van der Waals surface area contributed by atoms with E-state index in [9.17, 15) is 4.79 Å². The van der Waals surface area contributed by atoms with Crippen LogP contribution in [0.3, 0.4) is 0 Å². The first-order chi connectivity index (χ1) is 14.6. The minimum absolute atomic E-state index is 0.215. The molecular weight excluding hydrogens is 392 g/mol. The van der Waals surface area contributed by atoms with E-state index in [-0.39, 0.29) is 11.8 Å². The molecule has 5 nitrogen and oxygen atoms in total. The lowest BCUT2D eigenvalue weighted by atomic mass is 9.84. The number of anilines is 1. The van der Waals surface area contributed by atoms with Crippen molar-refractivity contribution in [2.45, 2.75) is 50.1 Å². The molecule has 1 aliphatic heterocycles. The van der Waals surface area contributed by atoms with Gasteiger partial charge in [-0.05, 0) is 43.4 Å². The number of aromatic nitrogens is 3. The number of thioether (sulfide) groups is 1. The topological polar surface area (TPSA) is 59.8 Å². The van der Waals surface area contributed by atoms with E-state index in [1.54, 1.807) is 11.8 Å². The van der Waals surface area contributed by atoms with Crippen LogP contribution in [0.4, 0.5) is 5.95 Å². The molecule has 1 aliphatic carbocycles. The molecule has 2 aromatic carbocycles. The predicted octanol–water partition coefficient (Wildman–Crippen LogP) is 5.21. The molecule has 1 atom stereocenters. The first-order valence-electron chi connectivity index (χ1n) is 10.3. The van der Waals surface area contributed by atoms with Crippen LogP contribution in [0.1, 0.15) is 47.6 Å². The highest BCUT2D eigenvalue weighted by Crippen LogP contribution is 2.41. The fraction of sp³-hybridized carbons (Fsp3) is 0.292. The maximum atomic E-state index is 12.9. The van der Waals surface area contributed by atoms with Crippen molar-refractivity contribution in [3.8, 4) is 0 Å². The summed E-state index contributed by atoms with van der Waals surface area (Å²) < 4.78 is 1.91. The van der Waals surface area contributed by atoms with Gasteiger partial charge in [-0.3, -0.25) is 4.79 Å². The Morgan fingerprint density at radius 1 is 1.13 bits per heavy atom. The Morgan fingerprint density at radius 3 is 2.83 bits per heavy atom. The number of allylic oxidation sites excluding steroid dienone is 2. The Labute approximate surface area is 180 Å². The monoisotopic (exact) mass is 416 g/mol. The molecule has 0 radical (unpaired) electrons. The van der Waals surface area contributed by atoms with E-state index in [1.807, 2.05) is 16.8 Å². The van der Waals surface area contributed by atoms with Crippen LogP contribution in [0.5, 0.6) is 0 Å². The fourth-order valence-electron chi connectivity index (χ4n) is 4.33. The summed E-state index contributed by atoms with van der Waals surface area (Å²) in [7, 11) is 0. The second-order valence-corrected chi connectivity index (χ2v) is 8.94. The number of hydrogen-bond acceptors (Lipinski definition) is 5. The van der Waals surface area contributed by atoms with Crippen LogP contribution in [0, 0.1) is 13.8 Å². The summed E-state index contributed by atoms with van der Waals surface area (Å²) in [5.41, 5.74) is 6.64. The van der Waals surface area contributed by atoms with Gasteiger partial charge in [0.1, 0.15) is 6.04 Å². The normalized spacial score (nSPS) is 18.1. The van der Waals surface area contributed by atoms with E-state index in [0.717, 1.165) is 52.1 Å². The first kappa shape index (κ1) is 19.1. The van der Waals surface area contributed by atoms with Crippen LogP contribution in [0.25, 0.3) is 0 Å². The second-order valence-electron chi connectivity index (χ2n) is 7.99. The van der Waals surface area contributed by atoms with Crippen molar-refractivity contribution in [1.29, 1.82) is 0 Å². The van der Waals surface area contributed by atoms with E-state index in [2.05, 4.69) is 55.6 Å². The van der Waals surface area contributed by atoms with E-state index in [0.29, 0.717) is 6.42 Å². The van der Waals surface area contributed by atoms with Gasteiger partial charge in [-0.25, -0.2) is 4.68 Å². The molecule has 0 saturated heterocycles. The number of carbonyl (C=O) groups is 1. The van der Waals surface area contributed by atoms with Crippen molar-refractivity contribution < 1.29 is 4.79 Å². The highest BCUT2D eigenvalue weighted by Gasteiger charge is 2.37. The van der Waals surface area contributed by atoms with Crippen molar-refractivity contribution in [3.63, 3.8) is 0 Å². The highest BCUT2D eigenvalue weighted by molar-refractivity contribution is 7.98. The fourth-order valence-corrected chi connectivity index (χ4v) is 5.10. The van der Waals surface area contributed by atoms with E-state index in [4.69, 9.17) is 10.1 Å². The molecule has 0 spiro atoms. The Bertz CT molecular complexity index is 1160. The lowest BCUT2D eigenvalue weighted by molar-refractivity contribution is -0.116. The van der Waals surface area contributed by atoms with Gasteiger partial charge in [-0.2, -0.15) is 4.98 Å². The zero-order valence-electron chi connectivity index (χ0n) is 17.2. The summed E-state index contributed by atoms with van der Waals surface area (Å²) in [5, 5.41) is 8.97. The minimum Gasteiger partial charge on any atom is -0.328 e. The second kappa shape index (κ2) is 7.76. The van der Waals surface area contributed by atoms with Crippen LogP contribution in [-0.4, -0.2) is 20.5 Å². The molecule has 30 heavy (non-hydrogen) atoms. The van der Waals surface area contributed by atoms with Gasteiger partial charge in [-0.15, -0.1) is 5.10 Å². The standard InChI is InChI=1S/C24H24N4OS/c1-15-7-5-9-17(13-15)14-30-24-26-23-25-19-11-6-12-20(29)21(19)22(28(23)27-24)18-10-4-3-8-16(18)2/h3-5,7-10,13,22H,6,11-12,14H2,1-2H3,(H,25,26,27). The van der Waals surface area contributed by atoms with Gasteiger partial charge in [0, 0.05) is 23.4 Å². The Morgan fingerprint density at radius 2 is 2.00 bits per heavy atom.